The lowest BCUT2D eigenvalue weighted by molar-refractivity contribution is -0.386. The van der Waals surface area contributed by atoms with Crippen molar-refractivity contribution in [3.05, 3.63) is 6.10 Å². The maximum absolute atomic E-state index is 11.5. The van der Waals surface area contributed by atoms with Gasteiger partial charge in [-0.15, -0.1) is 0 Å². The van der Waals surface area contributed by atoms with E-state index in [1.165, 1.54) is 0 Å². The Labute approximate surface area is 41.0 Å². The van der Waals surface area contributed by atoms with Gasteiger partial charge in [-0.3, -0.25) is 0 Å². The highest BCUT2D eigenvalue weighted by atomic mass is 19.3. The average Bonchev–Trinajstić information content (AvgIpc) is 1.31. The highest BCUT2D eigenvalue weighted by Crippen LogP contribution is 2.18. The number of hydrogen-bond acceptors (Lipinski definition) is 1. The number of alkyl halides is 2. The van der Waals surface area contributed by atoms with E-state index in [2.05, 4.69) is 0 Å². The van der Waals surface area contributed by atoms with Gasteiger partial charge in [0.2, 0.25) is 5.92 Å². The summed E-state index contributed by atoms with van der Waals surface area (Å²) < 4.78 is 23.0. The van der Waals surface area contributed by atoms with Crippen molar-refractivity contribution in [2.45, 2.75) is 19.8 Å². The molecule has 0 atom stereocenters. The Bertz CT molecular complexity index is 55.2. The molecule has 0 saturated carbocycles. The van der Waals surface area contributed by atoms with Crippen LogP contribution in [0.4, 0.5) is 8.78 Å². The van der Waals surface area contributed by atoms with Gasteiger partial charge in [-0.2, -0.15) is 0 Å². The minimum absolute atomic E-state index is 0.579. The first-order valence-corrected chi connectivity index (χ1v) is 1.83. The topological polar surface area (TPSA) is 23.1 Å². The summed E-state index contributed by atoms with van der Waals surface area (Å²) >= 11 is 0. The van der Waals surface area contributed by atoms with Crippen LogP contribution in [0.1, 0.15) is 13.8 Å². The first-order chi connectivity index (χ1) is 2.94. The molecule has 0 fully saturated rings. The molecule has 0 saturated heterocycles. The molecule has 43 valence electrons. The molecule has 0 heterocycles. The fraction of sp³-hybridized carbons (Fsp3) is 0.750. The second kappa shape index (κ2) is 1.74. The maximum Gasteiger partial charge on any atom is 0.235 e. The normalized spacial score (nSPS) is 12.9. The van der Waals surface area contributed by atoms with Gasteiger partial charge in [0, 0.05) is 0 Å². The third-order valence-electron chi connectivity index (χ3n) is 0.618. The van der Waals surface area contributed by atoms with Crippen molar-refractivity contribution in [2.75, 3.05) is 0 Å². The molecule has 0 amide bonds. The first kappa shape index (κ1) is 6.82. The van der Waals surface area contributed by atoms with Gasteiger partial charge >= 0.3 is 0 Å². The van der Waals surface area contributed by atoms with E-state index in [1.807, 2.05) is 0 Å². The van der Waals surface area contributed by atoms with Crippen molar-refractivity contribution in [1.82, 2.24) is 0 Å². The summed E-state index contributed by atoms with van der Waals surface area (Å²) in [5.41, 5.74) is 0. The SMILES string of the molecule is C[C]([O-])C(C)(F)F. The van der Waals surface area contributed by atoms with Gasteiger partial charge in [-0.1, -0.05) is 13.0 Å². The second-order valence-electron chi connectivity index (χ2n) is 1.44. The van der Waals surface area contributed by atoms with Crippen LogP contribution in [0.15, 0.2) is 0 Å². The molecule has 0 spiro atoms. The van der Waals surface area contributed by atoms with Gasteiger partial charge in [0.05, 0.1) is 0 Å². The summed E-state index contributed by atoms with van der Waals surface area (Å²) in [5.74, 6) is -3.14. The van der Waals surface area contributed by atoms with E-state index in [4.69, 9.17) is 0 Å². The summed E-state index contributed by atoms with van der Waals surface area (Å²) in [6.07, 6.45) is -1.09. The lowest BCUT2D eigenvalue weighted by Crippen LogP contribution is -2.29. The fourth-order valence-corrected chi connectivity index (χ4v) is 0. The summed E-state index contributed by atoms with van der Waals surface area (Å²) in [4.78, 5) is 0. The summed E-state index contributed by atoms with van der Waals surface area (Å²) in [5, 5.41) is 9.72. The summed E-state index contributed by atoms with van der Waals surface area (Å²) in [6.45, 7) is 1.44. The molecule has 0 aliphatic heterocycles. The molecule has 0 aliphatic rings. The molecule has 0 aromatic carbocycles. The Hall–Kier alpha value is -0.180. The molecule has 0 unspecified atom stereocenters. The van der Waals surface area contributed by atoms with Crippen LogP contribution in [0.25, 0.3) is 0 Å². The smallest absolute Gasteiger partial charge is 0.235 e. The van der Waals surface area contributed by atoms with Crippen molar-refractivity contribution in [1.29, 1.82) is 0 Å². The predicted molar refractivity (Wildman–Crippen MR) is 19.5 cm³/mol. The number of rotatable bonds is 1. The van der Waals surface area contributed by atoms with Gasteiger partial charge in [-0.25, -0.2) is 8.78 Å². The van der Waals surface area contributed by atoms with Crippen LogP contribution in [0.2, 0.25) is 0 Å². The van der Waals surface area contributed by atoms with E-state index in [0.717, 1.165) is 6.92 Å². The van der Waals surface area contributed by atoms with Crippen LogP contribution in [0, 0.1) is 6.10 Å². The minimum atomic E-state index is -3.14. The molecule has 0 rings (SSSR count). The zero-order valence-electron chi connectivity index (χ0n) is 4.16. The highest BCUT2D eigenvalue weighted by molar-refractivity contribution is 4.80. The number of hydrogen-bond donors (Lipinski definition) is 0. The molecule has 0 aromatic heterocycles. The van der Waals surface area contributed by atoms with E-state index in [0.29, 0.717) is 6.92 Å². The van der Waals surface area contributed by atoms with Gasteiger partial charge in [0.1, 0.15) is 0 Å². The zero-order valence-corrected chi connectivity index (χ0v) is 4.16. The first-order valence-electron chi connectivity index (χ1n) is 1.83. The maximum atomic E-state index is 11.5. The minimum Gasteiger partial charge on any atom is -0.846 e. The molecule has 1 radical (unpaired) electrons. The summed E-state index contributed by atoms with van der Waals surface area (Å²) in [6, 6.07) is 0. The predicted octanol–water partition coefficient (Wildman–Crippen LogP) is 0.554. The molecular formula is C4H6F2O-. The van der Waals surface area contributed by atoms with Crippen LogP contribution >= 0.6 is 0 Å². The molecule has 0 aliphatic carbocycles. The third kappa shape index (κ3) is 2.51. The molecule has 1 nitrogen and oxygen atoms in total. The Kier molecular flexibility index (Phi) is 1.69. The van der Waals surface area contributed by atoms with E-state index in [1.54, 1.807) is 0 Å². The quantitative estimate of drug-likeness (QED) is 0.481. The third-order valence-corrected chi connectivity index (χ3v) is 0.618. The highest BCUT2D eigenvalue weighted by Gasteiger charge is 2.20. The van der Waals surface area contributed by atoms with E-state index >= 15 is 0 Å². The standard InChI is InChI=1S/C4H6F2O/c1-3(7)4(2,5)6/h1-2H3/q-1. The van der Waals surface area contributed by atoms with Crippen molar-refractivity contribution < 1.29 is 13.9 Å². The monoisotopic (exact) mass is 108 g/mol. The van der Waals surface area contributed by atoms with Crippen LogP contribution in [-0.2, 0) is 0 Å². The van der Waals surface area contributed by atoms with Gasteiger partial charge in [-0.05, 0) is 6.92 Å². The average molecular weight is 108 g/mol. The lowest BCUT2D eigenvalue weighted by Gasteiger charge is -2.22. The van der Waals surface area contributed by atoms with Crippen LogP contribution in [0.3, 0.4) is 0 Å². The zero-order chi connectivity index (χ0) is 6.08. The van der Waals surface area contributed by atoms with Crippen LogP contribution in [-0.4, -0.2) is 5.92 Å². The van der Waals surface area contributed by atoms with Crippen molar-refractivity contribution in [3.8, 4) is 0 Å². The van der Waals surface area contributed by atoms with Crippen molar-refractivity contribution in [3.63, 3.8) is 0 Å². The van der Waals surface area contributed by atoms with E-state index in [-0.39, 0.29) is 0 Å². The second-order valence-corrected chi connectivity index (χ2v) is 1.44. The van der Waals surface area contributed by atoms with Crippen molar-refractivity contribution >= 4 is 0 Å². The van der Waals surface area contributed by atoms with Crippen molar-refractivity contribution in [2.24, 2.45) is 0 Å². The molecule has 0 N–H and O–H groups in total. The number of halogens is 2. The fourth-order valence-electron chi connectivity index (χ4n) is 0. The van der Waals surface area contributed by atoms with Gasteiger partial charge in [0.25, 0.3) is 0 Å². The van der Waals surface area contributed by atoms with E-state index < -0.39 is 12.0 Å². The molecule has 0 bridgehead atoms. The van der Waals surface area contributed by atoms with Gasteiger partial charge in [0.15, 0.2) is 0 Å². The summed E-state index contributed by atoms with van der Waals surface area (Å²) in [7, 11) is 0. The van der Waals surface area contributed by atoms with Gasteiger partial charge < -0.3 is 5.11 Å². The molecule has 0 aromatic rings. The largest absolute Gasteiger partial charge is 0.846 e. The molecule has 7 heavy (non-hydrogen) atoms. The Morgan fingerprint density at radius 1 is 1.57 bits per heavy atom. The van der Waals surface area contributed by atoms with Crippen LogP contribution in [0.5, 0.6) is 0 Å². The Morgan fingerprint density at radius 2 is 1.71 bits per heavy atom. The molecular weight excluding hydrogens is 102 g/mol. The van der Waals surface area contributed by atoms with Crippen LogP contribution < -0.4 is 5.11 Å². The lowest BCUT2D eigenvalue weighted by atomic mass is 10.2. The Morgan fingerprint density at radius 3 is 1.71 bits per heavy atom. The molecule has 3 heteroatoms. The Balaban J connectivity index is 3.54. The van der Waals surface area contributed by atoms with E-state index in [9.17, 15) is 13.9 Å².